The fraction of sp³-hybridized carbons (Fsp3) is 0.786. The van der Waals surface area contributed by atoms with Gasteiger partial charge in [0.15, 0.2) is 0 Å². The summed E-state index contributed by atoms with van der Waals surface area (Å²) in [5, 5.41) is 8.87. The summed E-state index contributed by atoms with van der Waals surface area (Å²) in [5.74, 6) is -0.817. The van der Waals surface area contributed by atoms with Crippen LogP contribution in [0.25, 0.3) is 0 Å². The molecule has 0 aliphatic rings. The fourth-order valence-electron chi connectivity index (χ4n) is 1.81. The molecule has 0 rings (SSSR count). The summed E-state index contributed by atoms with van der Waals surface area (Å²) in [6, 6.07) is 0.243. The average Bonchev–Trinajstić information content (AvgIpc) is 2.26. The van der Waals surface area contributed by atoms with Gasteiger partial charge in [0.2, 0.25) is 0 Å². The summed E-state index contributed by atoms with van der Waals surface area (Å²) in [4.78, 5) is 12.9. The number of carbonyl (C=O) groups is 1. The van der Waals surface area contributed by atoms with Crippen LogP contribution < -0.4 is 0 Å². The molecule has 0 heterocycles. The van der Waals surface area contributed by atoms with E-state index in [-0.39, 0.29) is 6.04 Å². The van der Waals surface area contributed by atoms with E-state index in [1.807, 2.05) is 20.2 Å². The monoisotopic (exact) mass is 241 g/mol. The third-order valence-corrected chi connectivity index (χ3v) is 3.05. The first-order valence-electron chi connectivity index (χ1n) is 6.57. The van der Waals surface area contributed by atoms with Gasteiger partial charge >= 0.3 is 5.97 Å². The summed E-state index contributed by atoms with van der Waals surface area (Å²) in [7, 11) is 4.00. The highest BCUT2D eigenvalue weighted by Crippen LogP contribution is 2.12. The second-order valence-corrected chi connectivity index (χ2v) is 4.89. The van der Waals surface area contributed by atoms with Gasteiger partial charge in [-0.1, -0.05) is 45.1 Å². The van der Waals surface area contributed by atoms with E-state index in [9.17, 15) is 4.79 Å². The Hall–Kier alpha value is -0.830. The number of carboxylic acid groups (broad SMARTS) is 1. The molecule has 0 bridgehead atoms. The first-order chi connectivity index (χ1) is 7.99. The normalized spacial score (nSPS) is 14.1. The Labute approximate surface area is 106 Å². The van der Waals surface area contributed by atoms with Crippen LogP contribution in [-0.4, -0.2) is 36.1 Å². The van der Waals surface area contributed by atoms with E-state index in [4.69, 9.17) is 5.11 Å². The maximum atomic E-state index is 10.8. The Morgan fingerprint density at radius 3 is 2.29 bits per heavy atom. The Morgan fingerprint density at radius 1 is 1.24 bits per heavy atom. The molecular weight excluding hydrogens is 214 g/mol. The largest absolute Gasteiger partial charge is 0.478 e. The van der Waals surface area contributed by atoms with Crippen LogP contribution in [0.1, 0.15) is 52.4 Å². The molecule has 0 aliphatic carbocycles. The maximum Gasteiger partial charge on any atom is 0.331 e. The Balaban J connectivity index is 4.08. The van der Waals surface area contributed by atoms with Gasteiger partial charge in [0.25, 0.3) is 0 Å². The average molecular weight is 241 g/mol. The molecule has 0 aromatic carbocycles. The summed E-state index contributed by atoms with van der Waals surface area (Å²) >= 11 is 0. The van der Waals surface area contributed by atoms with Crippen LogP contribution in [-0.2, 0) is 4.79 Å². The molecule has 3 heteroatoms. The zero-order valence-corrected chi connectivity index (χ0v) is 11.7. The Bertz CT molecular complexity index is 247. The molecule has 0 aliphatic heterocycles. The molecule has 0 spiro atoms. The Morgan fingerprint density at radius 2 is 1.82 bits per heavy atom. The van der Waals surface area contributed by atoms with Crippen molar-refractivity contribution >= 4 is 5.97 Å². The standard InChI is InChI=1S/C14H27NO2/c1-5-6-7-8-9-10-13(15(3)4)11-12(2)14(16)17/h11,13H,5-10H2,1-4H3,(H,16,17). The third-order valence-electron chi connectivity index (χ3n) is 3.05. The van der Waals surface area contributed by atoms with E-state index in [1.54, 1.807) is 6.92 Å². The minimum Gasteiger partial charge on any atom is -0.478 e. The van der Waals surface area contributed by atoms with E-state index >= 15 is 0 Å². The van der Waals surface area contributed by atoms with Gasteiger partial charge in [-0.25, -0.2) is 4.79 Å². The first kappa shape index (κ1) is 16.2. The molecule has 0 fully saturated rings. The maximum absolute atomic E-state index is 10.8. The lowest BCUT2D eigenvalue weighted by molar-refractivity contribution is -0.132. The summed E-state index contributed by atoms with van der Waals surface area (Å²) in [6.45, 7) is 3.87. The van der Waals surface area contributed by atoms with Crippen LogP contribution in [0.15, 0.2) is 11.6 Å². The lowest BCUT2D eigenvalue weighted by Gasteiger charge is -2.21. The van der Waals surface area contributed by atoms with E-state index in [0.717, 1.165) is 6.42 Å². The van der Waals surface area contributed by atoms with Crippen molar-refractivity contribution in [3.63, 3.8) is 0 Å². The molecule has 0 radical (unpaired) electrons. The van der Waals surface area contributed by atoms with E-state index in [0.29, 0.717) is 5.57 Å². The highest BCUT2D eigenvalue weighted by molar-refractivity contribution is 5.85. The molecule has 0 aromatic heterocycles. The van der Waals surface area contributed by atoms with Crippen molar-refractivity contribution in [2.45, 2.75) is 58.4 Å². The molecule has 17 heavy (non-hydrogen) atoms. The van der Waals surface area contributed by atoms with Crippen molar-refractivity contribution in [3.05, 3.63) is 11.6 Å². The number of aliphatic carboxylic acids is 1. The van der Waals surface area contributed by atoms with E-state index < -0.39 is 5.97 Å². The fourth-order valence-corrected chi connectivity index (χ4v) is 1.81. The number of hydrogen-bond acceptors (Lipinski definition) is 2. The smallest absolute Gasteiger partial charge is 0.331 e. The third kappa shape index (κ3) is 7.97. The van der Waals surface area contributed by atoms with Crippen molar-refractivity contribution < 1.29 is 9.90 Å². The molecule has 1 unspecified atom stereocenters. The second kappa shape index (κ2) is 9.23. The van der Waals surface area contributed by atoms with Gasteiger partial charge in [0.05, 0.1) is 0 Å². The highest BCUT2D eigenvalue weighted by Gasteiger charge is 2.10. The number of unbranched alkanes of at least 4 members (excludes halogenated alkanes) is 4. The minimum atomic E-state index is -0.817. The number of rotatable bonds is 9. The van der Waals surface area contributed by atoms with Gasteiger partial charge in [-0.2, -0.15) is 0 Å². The molecule has 3 nitrogen and oxygen atoms in total. The van der Waals surface area contributed by atoms with Crippen molar-refractivity contribution in [1.29, 1.82) is 0 Å². The quantitative estimate of drug-likeness (QED) is 0.497. The molecule has 0 aromatic rings. The zero-order valence-electron chi connectivity index (χ0n) is 11.7. The topological polar surface area (TPSA) is 40.5 Å². The summed E-state index contributed by atoms with van der Waals surface area (Å²) in [5.41, 5.74) is 0.442. The van der Waals surface area contributed by atoms with Gasteiger partial charge < -0.3 is 10.0 Å². The van der Waals surface area contributed by atoms with Gasteiger partial charge in [0.1, 0.15) is 0 Å². The highest BCUT2D eigenvalue weighted by atomic mass is 16.4. The second-order valence-electron chi connectivity index (χ2n) is 4.89. The predicted molar refractivity (Wildman–Crippen MR) is 72.2 cm³/mol. The number of likely N-dealkylation sites (N-methyl/N-ethyl adjacent to an activating group) is 1. The molecule has 0 saturated heterocycles. The minimum absolute atomic E-state index is 0.243. The van der Waals surface area contributed by atoms with Crippen LogP contribution in [0.5, 0.6) is 0 Å². The van der Waals surface area contributed by atoms with Crippen molar-refractivity contribution in [1.82, 2.24) is 4.90 Å². The molecule has 1 N–H and O–H groups in total. The summed E-state index contributed by atoms with van der Waals surface area (Å²) in [6.07, 6.45) is 9.18. The SMILES string of the molecule is CCCCCCCC(C=C(C)C(=O)O)N(C)C. The van der Waals surface area contributed by atoms with E-state index in [1.165, 1.54) is 32.1 Å². The van der Waals surface area contributed by atoms with E-state index in [2.05, 4.69) is 11.8 Å². The number of nitrogens with zero attached hydrogens (tertiary/aromatic N) is 1. The van der Waals surface area contributed by atoms with Crippen LogP contribution >= 0.6 is 0 Å². The van der Waals surface area contributed by atoms with Crippen LogP contribution in [0.3, 0.4) is 0 Å². The lowest BCUT2D eigenvalue weighted by atomic mass is 10.0. The van der Waals surface area contributed by atoms with Crippen molar-refractivity contribution in [2.75, 3.05) is 14.1 Å². The molecular formula is C14H27NO2. The van der Waals surface area contributed by atoms with Gasteiger partial charge in [-0.3, -0.25) is 0 Å². The lowest BCUT2D eigenvalue weighted by Crippen LogP contribution is -2.26. The summed E-state index contributed by atoms with van der Waals surface area (Å²) < 4.78 is 0. The van der Waals surface area contributed by atoms with Gasteiger partial charge in [-0.05, 0) is 27.4 Å². The molecule has 0 amide bonds. The van der Waals surface area contributed by atoms with Crippen LogP contribution in [0.2, 0.25) is 0 Å². The predicted octanol–water partition coefficient (Wildman–Crippen LogP) is 3.31. The van der Waals surface area contributed by atoms with Gasteiger partial charge in [0, 0.05) is 11.6 Å². The van der Waals surface area contributed by atoms with Crippen LogP contribution in [0.4, 0.5) is 0 Å². The molecule has 1 atom stereocenters. The van der Waals surface area contributed by atoms with Crippen LogP contribution in [0, 0.1) is 0 Å². The number of carboxylic acids is 1. The Kier molecular flexibility index (Phi) is 8.78. The zero-order chi connectivity index (χ0) is 13.3. The molecule has 0 saturated carbocycles. The van der Waals surface area contributed by atoms with Crippen molar-refractivity contribution in [3.8, 4) is 0 Å². The van der Waals surface area contributed by atoms with Crippen molar-refractivity contribution in [2.24, 2.45) is 0 Å². The van der Waals surface area contributed by atoms with Gasteiger partial charge in [-0.15, -0.1) is 0 Å². The first-order valence-corrected chi connectivity index (χ1v) is 6.57. The molecule has 100 valence electrons. The number of hydrogen-bond donors (Lipinski definition) is 1.